The van der Waals surface area contributed by atoms with Crippen molar-refractivity contribution in [3.8, 4) is 12.1 Å². The molecule has 0 aliphatic carbocycles. The van der Waals surface area contributed by atoms with E-state index in [1.807, 2.05) is 17.0 Å². The maximum atomic E-state index is 11.5. The van der Waals surface area contributed by atoms with Gasteiger partial charge in [-0.25, -0.2) is 4.79 Å². The number of carbonyl (C=O) groups is 1. The van der Waals surface area contributed by atoms with Crippen LogP contribution in [-0.4, -0.2) is 25.7 Å². The van der Waals surface area contributed by atoms with Gasteiger partial charge >= 0.3 is 5.97 Å². The Morgan fingerprint density at radius 1 is 1.39 bits per heavy atom. The van der Waals surface area contributed by atoms with Crippen molar-refractivity contribution in [2.75, 3.05) is 18.6 Å². The average molecular weight is 241 g/mol. The van der Waals surface area contributed by atoms with Gasteiger partial charge in [0.05, 0.1) is 18.2 Å². The van der Waals surface area contributed by atoms with Crippen LogP contribution >= 0.6 is 0 Å². The van der Waals surface area contributed by atoms with Crippen LogP contribution in [0.5, 0.6) is 0 Å². The molecule has 0 amide bonds. The zero-order chi connectivity index (χ0) is 13.1. The van der Waals surface area contributed by atoms with E-state index in [2.05, 4.69) is 0 Å². The Bertz CT molecular complexity index is 569. The van der Waals surface area contributed by atoms with Crippen molar-refractivity contribution in [2.45, 2.75) is 12.5 Å². The highest BCUT2D eigenvalue weighted by atomic mass is 16.5. The number of nitriles is 2. The summed E-state index contributed by atoms with van der Waals surface area (Å²) < 4.78 is 4.71. The van der Waals surface area contributed by atoms with Crippen molar-refractivity contribution in [2.24, 2.45) is 0 Å². The highest BCUT2D eigenvalue weighted by Gasteiger charge is 2.35. The van der Waals surface area contributed by atoms with Gasteiger partial charge in [-0.15, -0.1) is 0 Å². The van der Waals surface area contributed by atoms with Crippen LogP contribution in [0.2, 0.25) is 0 Å². The Balaban J connectivity index is 2.28. The minimum atomic E-state index is -0.283. The van der Waals surface area contributed by atoms with Crippen LogP contribution in [0.3, 0.4) is 0 Å². The average Bonchev–Trinajstić information content (AvgIpc) is 2.37. The van der Waals surface area contributed by atoms with Gasteiger partial charge in [-0.3, -0.25) is 0 Å². The summed E-state index contributed by atoms with van der Waals surface area (Å²) in [6.45, 7) is 0.747. The van der Waals surface area contributed by atoms with Crippen molar-refractivity contribution in [1.29, 1.82) is 10.5 Å². The van der Waals surface area contributed by atoms with Gasteiger partial charge < -0.3 is 9.64 Å². The predicted octanol–water partition coefficient (Wildman–Crippen LogP) is 1.18. The molecule has 2 rings (SSSR count). The van der Waals surface area contributed by atoms with E-state index in [-0.39, 0.29) is 12.0 Å². The molecule has 5 nitrogen and oxygen atoms in total. The molecule has 0 radical (unpaired) electrons. The van der Waals surface area contributed by atoms with Gasteiger partial charge in [0.1, 0.15) is 18.2 Å². The molecule has 0 spiro atoms. The number of methoxy groups -OCH3 is 1. The van der Waals surface area contributed by atoms with E-state index in [1.165, 1.54) is 7.11 Å². The second-order valence-corrected chi connectivity index (χ2v) is 3.97. The van der Waals surface area contributed by atoms with Gasteiger partial charge in [0.15, 0.2) is 0 Å². The third-order valence-electron chi connectivity index (χ3n) is 3.07. The lowest BCUT2D eigenvalue weighted by molar-refractivity contribution is -0.143. The molecule has 1 aromatic rings. The number of carbonyl (C=O) groups excluding carboxylic acids is 1. The van der Waals surface area contributed by atoms with Crippen molar-refractivity contribution in [3.63, 3.8) is 0 Å². The minimum Gasteiger partial charge on any atom is -0.467 e. The normalized spacial score (nSPS) is 17.3. The molecule has 0 bridgehead atoms. The Morgan fingerprint density at radius 2 is 2.11 bits per heavy atom. The second kappa shape index (κ2) is 4.77. The summed E-state index contributed by atoms with van der Waals surface area (Å²) in [5.74, 6) is -0.274. The summed E-state index contributed by atoms with van der Waals surface area (Å²) in [4.78, 5) is 13.3. The number of ether oxygens (including phenoxy) is 1. The molecule has 1 heterocycles. The lowest BCUT2D eigenvalue weighted by Crippen LogP contribution is -2.53. The van der Waals surface area contributed by atoms with Crippen LogP contribution in [0.15, 0.2) is 18.2 Å². The molecule has 1 saturated heterocycles. The number of esters is 1. The highest BCUT2D eigenvalue weighted by Crippen LogP contribution is 2.28. The fraction of sp³-hybridized carbons (Fsp3) is 0.308. The van der Waals surface area contributed by atoms with Gasteiger partial charge in [-0.2, -0.15) is 10.5 Å². The third-order valence-corrected chi connectivity index (χ3v) is 3.07. The summed E-state index contributed by atoms with van der Waals surface area (Å²) in [5.41, 5.74) is 1.44. The van der Waals surface area contributed by atoms with Crippen LogP contribution in [-0.2, 0) is 9.53 Å². The Morgan fingerprint density at radius 3 is 2.61 bits per heavy atom. The molecule has 0 aromatic heterocycles. The molecule has 1 fully saturated rings. The number of hydrogen-bond acceptors (Lipinski definition) is 5. The van der Waals surface area contributed by atoms with Crippen LogP contribution < -0.4 is 4.90 Å². The molecular formula is C13H11N3O2. The number of benzene rings is 1. The molecule has 5 heteroatoms. The molecular weight excluding hydrogens is 230 g/mol. The maximum Gasteiger partial charge on any atom is 0.328 e. The molecule has 1 aromatic carbocycles. The molecule has 1 aliphatic heterocycles. The SMILES string of the molecule is COC(=O)C1CCN1c1ccc(C#N)c(C#N)c1. The first-order valence-corrected chi connectivity index (χ1v) is 5.50. The fourth-order valence-corrected chi connectivity index (χ4v) is 1.98. The first-order chi connectivity index (χ1) is 8.71. The van der Waals surface area contributed by atoms with Crippen molar-refractivity contribution in [1.82, 2.24) is 0 Å². The summed E-state index contributed by atoms with van der Waals surface area (Å²) in [6, 6.07) is 8.64. The van der Waals surface area contributed by atoms with Crippen LogP contribution in [0, 0.1) is 22.7 Å². The summed E-state index contributed by atoms with van der Waals surface area (Å²) in [5, 5.41) is 17.8. The first-order valence-electron chi connectivity index (χ1n) is 5.50. The Hall–Kier alpha value is -2.53. The number of nitrogens with zero attached hydrogens (tertiary/aromatic N) is 3. The number of rotatable bonds is 2. The van der Waals surface area contributed by atoms with Crippen molar-refractivity contribution < 1.29 is 9.53 Å². The fourth-order valence-electron chi connectivity index (χ4n) is 1.98. The number of anilines is 1. The van der Waals surface area contributed by atoms with E-state index in [1.54, 1.807) is 18.2 Å². The monoisotopic (exact) mass is 241 g/mol. The molecule has 1 atom stereocenters. The molecule has 90 valence electrons. The standard InChI is InChI=1S/C13H11N3O2/c1-18-13(17)12-4-5-16(12)11-3-2-9(7-14)10(6-11)8-15/h2-3,6,12H,4-5H2,1H3. The largest absolute Gasteiger partial charge is 0.467 e. The zero-order valence-corrected chi connectivity index (χ0v) is 9.88. The van der Waals surface area contributed by atoms with E-state index < -0.39 is 0 Å². The van der Waals surface area contributed by atoms with Gasteiger partial charge in [-0.05, 0) is 24.6 Å². The van der Waals surface area contributed by atoms with Crippen LogP contribution in [0.4, 0.5) is 5.69 Å². The Labute approximate surface area is 105 Å². The predicted molar refractivity (Wildman–Crippen MR) is 63.6 cm³/mol. The van der Waals surface area contributed by atoms with Gasteiger partial charge in [0.25, 0.3) is 0 Å². The van der Waals surface area contributed by atoms with E-state index in [0.717, 1.165) is 18.7 Å². The topological polar surface area (TPSA) is 77.1 Å². The van der Waals surface area contributed by atoms with Crippen molar-refractivity contribution in [3.05, 3.63) is 29.3 Å². The van der Waals surface area contributed by atoms with Crippen molar-refractivity contribution >= 4 is 11.7 Å². The lowest BCUT2D eigenvalue weighted by atomic mass is 10.00. The molecule has 0 N–H and O–H groups in total. The second-order valence-electron chi connectivity index (χ2n) is 3.97. The van der Waals surface area contributed by atoms with E-state index in [4.69, 9.17) is 15.3 Å². The molecule has 1 unspecified atom stereocenters. The highest BCUT2D eigenvalue weighted by molar-refractivity contribution is 5.82. The van der Waals surface area contributed by atoms with E-state index >= 15 is 0 Å². The minimum absolute atomic E-state index is 0.274. The summed E-state index contributed by atoms with van der Waals surface area (Å²) in [7, 11) is 1.36. The Kier molecular flexibility index (Phi) is 3.16. The molecule has 1 aliphatic rings. The van der Waals surface area contributed by atoms with E-state index in [0.29, 0.717) is 11.1 Å². The quantitative estimate of drug-likeness (QED) is 0.726. The van der Waals surface area contributed by atoms with Crippen LogP contribution in [0.1, 0.15) is 17.5 Å². The summed E-state index contributed by atoms with van der Waals surface area (Å²) >= 11 is 0. The van der Waals surface area contributed by atoms with E-state index in [9.17, 15) is 4.79 Å². The molecule has 0 saturated carbocycles. The third kappa shape index (κ3) is 1.87. The smallest absolute Gasteiger partial charge is 0.328 e. The van der Waals surface area contributed by atoms with Gasteiger partial charge in [0.2, 0.25) is 0 Å². The molecule has 18 heavy (non-hydrogen) atoms. The van der Waals surface area contributed by atoms with Gasteiger partial charge in [0, 0.05) is 12.2 Å². The zero-order valence-electron chi connectivity index (χ0n) is 9.88. The lowest BCUT2D eigenvalue weighted by Gasteiger charge is -2.40. The maximum absolute atomic E-state index is 11.5. The van der Waals surface area contributed by atoms with Gasteiger partial charge in [-0.1, -0.05) is 0 Å². The first kappa shape index (κ1) is 11.9. The van der Waals surface area contributed by atoms with Crippen LogP contribution in [0.25, 0.3) is 0 Å². The number of hydrogen-bond donors (Lipinski definition) is 0. The summed E-state index contributed by atoms with van der Waals surface area (Å²) in [6.07, 6.45) is 0.745.